The maximum atomic E-state index is 11.9. The predicted octanol–water partition coefficient (Wildman–Crippen LogP) is 0.772. The lowest BCUT2D eigenvalue weighted by atomic mass is 10.3. The third-order valence-electron chi connectivity index (χ3n) is 2.37. The number of carbonyl (C=O) groups is 1. The molecule has 0 aliphatic carbocycles. The van der Waals surface area contributed by atoms with Gasteiger partial charge in [-0.2, -0.15) is 0 Å². The zero-order valence-corrected chi connectivity index (χ0v) is 9.19. The van der Waals surface area contributed by atoms with Crippen molar-refractivity contribution in [2.45, 2.75) is 0 Å². The Kier molecular flexibility index (Phi) is 2.41. The number of nitrogens with zero attached hydrogens (tertiary/aromatic N) is 5. The number of rotatable bonds is 2. The van der Waals surface area contributed by atoms with Gasteiger partial charge in [0, 0.05) is 18.6 Å². The maximum Gasteiger partial charge on any atom is 0.275 e. The zero-order valence-electron chi connectivity index (χ0n) is 9.19. The van der Waals surface area contributed by atoms with Gasteiger partial charge in [-0.25, -0.2) is 4.98 Å². The van der Waals surface area contributed by atoms with Crippen molar-refractivity contribution in [3.05, 3.63) is 48.9 Å². The van der Waals surface area contributed by atoms with Crippen molar-refractivity contribution in [1.82, 2.24) is 24.6 Å². The van der Waals surface area contributed by atoms with Crippen LogP contribution in [-0.4, -0.2) is 30.5 Å². The fraction of sp³-hybridized carbons (Fsp3) is 0. The SMILES string of the molecule is O=C(Nc1cccn2cnnc12)c1cnccn1. The third kappa shape index (κ3) is 1.77. The van der Waals surface area contributed by atoms with Crippen LogP contribution in [0.15, 0.2) is 43.2 Å². The average molecular weight is 240 g/mol. The molecule has 0 aliphatic heterocycles. The lowest BCUT2D eigenvalue weighted by Crippen LogP contribution is -2.14. The van der Waals surface area contributed by atoms with Gasteiger partial charge in [-0.15, -0.1) is 10.2 Å². The van der Waals surface area contributed by atoms with Gasteiger partial charge in [0.1, 0.15) is 12.0 Å². The van der Waals surface area contributed by atoms with Gasteiger partial charge in [-0.1, -0.05) is 0 Å². The van der Waals surface area contributed by atoms with Crippen LogP contribution >= 0.6 is 0 Å². The van der Waals surface area contributed by atoms with Crippen LogP contribution in [0.2, 0.25) is 0 Å². The molecule has 0 atom stereocenters. The summed E-state index contributed by atoms with van der Waals surface area (Å²) in [4.78, 5) is 19.7. The van der Waals surface area contributed by atoms with Crippen LogP contribution in [0, 0.1) is 0 Å². The van der Waals surface area contributed by atoms with E-state index >= 15 is 0 Å². The molecule has 3 aromatic rings. The predicted molar refractivity (Wildman–Crippen MR) is 63.0 cm³/mol. The molecule has 0 fully saturated rings. The summed E-state index contributed by atoms with van der Waals surface area (Å²) in [7, 11) is 0. The number of hydrogen-bond donors (Lipinski definition) is 1. The quantitative estimate of drug-likeness (QED) is 0.715. The number of amides is 1. The summed E-state index contributed by atoms with van der Waals surface area (Å²) in [6.45, 7) is 0. The Hall–Kier alpha value is -2.83. The zero-order chi connectivity index (χ0) is 12.4. The topological polar surface area (TPSA) is 85.1 Å². The summed E-state index contributed by atoms with van der Waals surface area (Å²) in [5.41, 5.74) is 1.40. The number of pyridine rings is 1. The van der Waals surface area contributed by atoms with Crippen molar-refractivity contribution in [3.8, 4) is 0 Å². The minimum atomic E-state index is -0.334. The number of carbonyl (C=O) groups excluding carboxylic acids is 1. The fourth-order valence-corrected chi connectivity index (χ4v) is 1.55. The van der Waals surface area contributed by atoms with Crippen LogP contribution in [0.5, 0.6) is 0 Å². The van der Waals surface area contributed by atoms with Crippen molar-refractivity contribution >= 4 is 17.2 Å². The van der Waals surface area contributed by atoms with E-state index in [1.807, 2.05) is 0 Å². The molecule has 0 aromatic carbocycles. The Labute approximate surface area is 102 Å². The Balaban J connectivity index is 1.93. The fourth-order valence-electron chi connectivity index (χ4n) is 1.55. The normalized spacial score (nSPS) is 10.4. The highest BCUT2D eigenvalue weighted by molar-refractivity contribution is 6.04. The summed E-state index contributed by atoms with van der Waals surface area (Å²) in [6, 6.07) is 3.54. The number of aromatic nitrogens is 5. The van der Waals surface area contributed by atoms with Crippen LogP contribution in [0.4, 0.5) is 5.69 Å². The summed E-state index contributed by atoms with van der Waals surface area (Å²) in [5.74, 6) is -0.334. The number of hydrogen-bond acceptors (Lipinski definition) is 5. The van der Waals surface area contributed by atoms with E-state index in [2.05, 4.69) is 25.5 Å². The van der Waals surface area contributed by atoms with Crippen LogP contribution in [0.3, 0.4) is 0 Å². The van der Waals surface area contributed by atoms with Crippen molar-refractivity contribution in [2.75, 3.05) is 5.32 Å². The lowest BCUT2D eigenvalue weighted by molar-refractivity contribution is 0.102. The molecule has 3 aromatic heterocycles. The van der Waals surface area contributed by atoms with Crippen LogP contribution < -0.4 is 5.32 Å². The second-order valence-corrected chi connectivity index (χ2v) is 3.53. The molecule has 7 nitrogen and oxygen atoms in total. The van der Waals surface area contributed by atoms with Crippen molar-refractivity contribution < 1.29 is 4.79 Å². The Morgan fingerprint density at radius 3 is 3.11 bits per heavy atom. The van der Waals surface area contributed by atoms with E-state index in [4.69, 9.17) is 0 Å². The van der Waals surface area contributed by atoms with Crippen LogP contribution in [-0.2, 0) is 0 Å². The molecule has 0 radical (unpaired) electrons. The Bertz CT molecular complexity index is 693. The van der Waals surface area contributed by atoms with Crippen LogP contribution in [0.25, 0.3) is 5.65 Å². The first kappa shape index (κ1) is 10.3. The Morgan fingerprint density at radius 1 is 1.33 bits per heavy atom. The summed E-state index contributed by atoms with van der Waals surface area (Å²) in [6.07, 6.45) is 7.74. The molecule has 18 heavy (non-hydrogen) atoms. The van der Waals surface area contributed by atoms with E-state index in [0.717, 1.165) is 0 Å². The molecule has 1 N–H and O–H groups in total. The second kappa shape index (κ2) is 4.21. The van der Waals surface area contributed by atoms with E-state index in [0.29, 0.717) is 11.3 Å². The molecule has 1 amide bonds. The van der Waals surface area contributed by atoms with Gasteiger partial charge in [0.25, 0.3) is 5.91 Å². The highest BCUT2D eigenvalue weighted by Crippen LogP contribution is 2.14. The third-order valence-corrected chi connectivity index (χ3v) is 2.37. The number of anilines is 1. The van der Waals surface area contributed by atoms with Gasteiger partial charge >= 0.3 is 0 Å². The molecule has 0 bridgehead atoms. The average Bonchev–Trinajstić information content (AvgIpc) is 2.89. The number of nitrogens with one attached hydrogen (secondary N) is 1. The summed E-state index contributed by atoms with van der Waals surface area (Å²) >= 11 is 0. The standard InChI is InChI=1S/C11H8N6O/c18-11(9-6-12-3-4-13-9)15-8-2-1-5-17-7-14-16-10(8)17/h1-7H,(H,15,18). The van der Waals surface area contributed by atoms with Crippen molar-refractivity contribution in [3.63, 3.8) is 0 Å². The van der Waals surface area contributed by atoms with Gasteiger partial charge in [0.05, 0.1) is 11.9 Å². The maximum absolute atomic E-state index is 11.9. The first-order valence-corrected chi connectivity index (χ1v) is 5.20. The first-order chi connectivity index (χ1) is 8.84. The highest BCUT2D eigenvalue weighted by Gasteiger charge is 2.10. The smallest absolute Gasteiger partial charge is 0.275 e. The van der Waals surface area contributed by atoms with E-state index in [-0.39, 0.29) is 11.6 Å². The van der Waals surface area contributed by atoms with E-state index in [9.17, 15) is 4.79 Å². The molecule has 88 valence electrons. The lowest BCUT2D eigenvalue weighted by Gasteiger charge is -2.04. The summed E-state index contributed by atoms with van der Waals surface area (Å²) in [5, 5.41) is 10.4. The van der Waals surface area contributed by atoms with Crippen LogP contribution in [0.1, 0.15) is 10.5 Å². The first-order valence-electron chi connectivity index (χ1n) is 5.20. The van der Waals surface area contributed by atoms with E-state index in [1.165, 1.54) is 18.6 Å². The van der Waals surface area contributed by atoms with Gasteiger partial charge in [0.15, 0.2) is 5.65 Å². The minimum Gasteiger partial charge on any atom is -0.317 e. The van der Waals surface area contributed by atoms with Gasteiger partial charge in [-0.3, -0.25) is 14.2 Å². The van der Waals surface area contributed by atoms with Crippen molar-refractivity contribution in [2.24, 2.45) is 0 Å². The molecule has 0 saturated heterocycles. The molecule has 3 heterocycles. The highest BCUT2D eigenvalue weighted by atomic mass is 16.1. The van der Waals surface area contributed by atoms with Gasteiger partial charge in [-0.05, 0) is 12.1 Å². The molecule has 0 saturated carbocycles. The monoisotopic (exact) mass is 240 g/mol. The molecule has 0 aliphatic rings. The van der Waals surface area contributed by atoms with Gasteiger partial charge in [0.2, 0.25) is 0 Å². The Morgan fingerprint density at radius 2 is 2.28 bits per heavy atom. The second-order valence-electron chi connectivity index (χ2n) is 3.53. The molecule has 3 rings (SSSR count). The number of fused-ring (bicyclic) bond motifs is 1. The molecule has 7 heteroatoms. The van der Waals surface area contributed by atoms with Gasteiger partial charge < -0.3 is 5.32 Å². The van der Waals surface area contributed by atoms with Crippen molar-refractivity contribution in [1.29, 1.82) is 0 Å². The van der Waals surface area contributed by atoms with E-state index < -0.39 is 0 Å². The molecule has 0 unspecified atom stereocenters. The minimum absolute atomic E-state index is 0.249. The molecular weight excluding hydrogens is 232 g/mol. The largest absolute Gasteiger partial charge is 0.317 e. The van der Waals surface area contributed by atoms with E-state index in [1.54, 1.807) is 29.1 Å². The summed E-state index contributed by atoms with van der Waals surface area (Å²) < 4.78 is 1.71. The molecule has 0 spiro atoms. The molecular formula is C11H8N6O.